The molecular weight excluding hydrogens is 336 g/mol. The monoisotopic (exact) mass is 352 g/mol. The second-order valence-corrected chi connectivity index (χ2v) is 7.65. The summed E-state index contributed by atoms with van der Waals surface area (Å²) < 4.78 is 36.4. The third kappa shape index (κ3) is 3.38. The standard InChI is InChI=1S/C13H16N6O2S2/c1-9(2)11(8-19-14-6-7-15-19)18-23(20,21)12-5-3-4-10-13(12)17-22-16-10/h3-7,9,11,18H,8H2,1-2H3/t11-/m1/s1. The highest BCUT2D eigenvalue weighted by atomic mass is 32.2. The van der Waals surface area contributed by atoms with Crippen molar-refractivity contribution in [3.05, 3.63) is 30.6 Å². The molecule has 1 aromatic carbocycles. The maximum atomic E-state index is 12.8. The van der Waals surface area contributed by atoms with Crippen molar-refractivity contribution < 1.29 is 8.42 Å². The molecule has 8 nitrogen and oxygen atoms in total. The zero-order valence-corrected chi connectivity index (χ0v) is 14.3. The second kappa shape index (κ2) is 6.30. The van der Waals surface area contributed by atoms with E-state index < -0.39 is 10.0 Å². The Morgan fingerprint density at radius 1 is 1.22 bits per heavy atom. The van der Waals surface area contributed by atoms with Gasteiger partial charge in [-0.3, -0.25) is 0 Å². The van der Waals surface area contributed by atoms with Gasteiger partial charge in [-0.2, -0.15) is 23.7 Å². The Morgan fingerprint density at radius 2 is 1.96 bits per heavy atom. The summed E-state index contributed by atoms with van der Waals surface area (Å²) in [7, 11) is -3.72. The van der Waals surface area contributed by atoms with E-state index in [1.807, 2.05) is 13.8 Å². The van der Waals surface area contributed by atoms with Crippen molar-refractivity contribution in [3.63, 3.8) is 0 Å². The summed E-state index contributed by atoms with van der Waals surface area (Å²) in [6.45, 7) is 4.25. The first-order chi connectivity index (χ1) is 11.0. The first kappa shape index (κ1) is 16.0. The largest absolute Gasteiger partial charge is 0.243 e. The van der Waals surface area contributed by atoms with Crippen LogP contribution in [0.25, 0.3) is 11.0 Å². The summed E-state index contributed by atoms with van der Waals surface area (Å²) in [5.41, 5.74) is 0.970. The zero-order valence-electron chi connectivity index (χ0n) is 12.6. The highest BCUT2D eigenvalue weighted by Gasteiger charge is 2.26. The minimum atomic E-state index is -3.72. The van der Waals surface area contributed by atoms with Crippen LogP contribution in [0.15, 0.2) is 35.5 Å². The van der Waals surface area contributed by atoms with Crippen LogP contribution < -0.4 is 4.72 Å². The number of rotatable bonds is 6. The topological polar surface area (TPSA) is 103 Å². The number of hydrogen-bond acceptors (Lipinski definition) is 7. The zero-order chi connectivity index (χ0) is 16.4. The van der Waals surface area contributed by atoms with Crippen LogP contribution in [0.3, 0.4) is 0 Å². The summed E-state index contributed by atoms with van der Waals surface area (Å²) in [6, 6.07) is 4.60. The maximum absolute atomic E-state index is 12.8. The van der Waals surface area contributed by atoms with Gasteiger partial charge >= 0.3 is 0 Å². The molecule has 1 N–H and O–H groups in total. The number of nitrogens with zero attached hydrogens (tertiary/aromatic N) is 5. The summed E-state index contributed by atoms with van der Waals surface area (Å²) in [4.78, 5) is 1.61. The van der Waals surface area contributed by atoms with Gasteiger partial charge in [0.05, 0.1) is 30.7 Å². The Balaban J connectivity index is 1.90. The highest BCUT2D eigenvalue weighted by Crippen LogP contribution is 2.22. The number of benzene rings is 1. The van der Waals surface area contributed by atoms with Crippen molar-refractivity contribution in [1.29, 1.82) is 0 Å². The molecule has 0 bridgehead atoms. The van der Waals surface area contributed by atoms with Crippen LogP contribution in [0, 0.1) is 5.92 Å². The van der Waals surface area contributed by atoms with Gasteiger partial charge in [-0.25, -0.2) is 13.1 Å². The first-order valence-electron chi connectivity index (χ1n) is 7.05. The molecule has 1 atom stereocenters. The fourth-order valence-electron chi connectivity index (χ4n) is 2.16. The summed E-state index contributed by atoms with van der Waals surface area (Å²) in [6.07, 6.45) is 3.13. The molecule has 0 spiro atoms. The predicted molar refractivity (Wildman–Crippen MR) is 86.4 cm³/mol. The molecule has 0 saturated carbocycles. The van der Waals surface area contributed by atoms with Gasteiger partial charge in [0.25, 0.3) is 0 Å². The van der Waals surface area contributed by atoms with Gasteiger partial charge in [-0.1, -0.05) is 19.9 Å². The minimum absolute atomic E-state index is 0.0727. The van der Waals surface area contributed by atoms with Crippen LogP contribution in [0.2, 0.25) is 0 Å². The molecule has 0 aliphatic carbocycles. The van der Waals surface area contributed by atoms with E-state index in [0.29, 0.717) is 17.6 Å². The molecular formula is C13H16N6O2S2. The molecule has 0 radical (unpaired) electrons. The van der Waals surface area contributed by atoms with Gasteiger partial charge in [0.15, 0.2) is 0 Å². The Labute approximate surface area is 137 Å². The molecule has 0 saturated heterocycles. The van der Waals surface area contributed by atoms with E-state index in [1.165, 1.54) is 10.9 Å². The molecule has 10 heteroatoms. The Hall–Kier alpha value is -1.91. The summed E-state index contributed by atoms with van der Waals surface area (Å²) >= 11 is 0.996. The van der Waals surface area contributed by atoms with E-state index in [0.717, 1.165) is 11.7 Å². The van der Waals surface area contributed by atoms with Crippen LogP contribution >= 0.6 is 11.7 Å². The molecule has 0 unspecified atom stereocenters. The van der Waals surface area contributed by atoms with Crippen LogP contribution in [0.4, 0.5) is 0 Å². The molecule has 2 aromatic heterocycles. The summed E-state index contributed by atoms with van der Waals surface area (Å²) in [5.74, 6) is 0.0727. The molecule has 2 heterocycles. The average Bonchev–Trinajstić information content (AvgIpc) is 3.16. The van der Waals surface area contributed by atoms with E-state index in [1.54, 1.807) is 24.5 Å². The van der Waals surface area contributed by atoms with E-state index in [-0.39, 0.29) is 16.9 Å². The van der Waals surface area contributed by atoms with Crippen molar-refractivity contribution in [2.24, 2.45) is 5.92 Å². The van der Waals surface area contributed by atoms with E-state index in [9.17, 15) is 8.42 Å². The third-order valence-corrected chi connectivity index (χ3v) is 5.54. The van der Waals surface area contributed by atoms with Gasteiger partial charge in [0, 0.05) is 6.04 Å². The van der Waals surface area contributed by atoms with Crippen molar-refractivity contribution in [3.8, 4) is 0 Å². The quantitative estimate of drug-likeness (QED) is 0.717. The number of aromatic nitrogens is 5. The van der Waals surface area contributed by atoms with Crippen molar-refractivity contribution in [1.82, 2.24) is 28.5 Å². The van der Waals surface area contributed by atoms with Crippen LogP contribution in [-0.2, 0) is 16.6 Å². The summed E-state index contributed by atoms with van der Waals surface area (Å²) in [5, 5.41) is 8.07. The van der Waals surface area contributed by atoms with Crippen LogP contribution in [-0.4, -0.2) is 38.2 Å². The van der Waals surface area contributed by atoms with Gasteiger partial charge in [-0.15, -0.1) is 0 Å². The fourth-order valence-corrected chi connectivity index (χ4v) is 4.30. The van der Waals surface area contributed by atoms with Crippen molar-refractivity contribution >= 4 is 32.8 Å². The number of hydrogen-bond donors (Lipinski definition) is 1. The van der Waals surface area contributed by atoms with Crippen LogP contribution in [0.1, 0.15) is 13.8 Å². The normalized spacial score (nSPS) is 13.7. The minimum Gasteiger partial charge on any atom is -0.207 e. The third-order valence-electron chi connectivity index (χ3n) is 3.48. The van der Waals surface area contributed by atoms with E-state index in [2.05, 4.69) is 23.7 Å². The lowest BCUT2D eigenvalue weighted by Gasteiger charge is -2.21. The first-order valence-corrected chi connectivity index (χ1v) is 9.26. The van der Waals surface area contributed by atoms with Gasteiger partial charge in [0.1, 0.15) is 15.9 Å². The van der Waals surface area contributed by atoms with Gasteiger partial charge < -0.3 is 0 Å². The van der Waals surface area contributed by atoms with E-state index >= 15 is 0 Å². The lowest BCUT2D eigenvalue weighted by molar-refractivity contribution is 0.361. The lowest BCUT2D eigenvalue weighted by atomic mass is 10.1. The SMILES string of the molecule is CC(C)[C@@H](Cn1nccn1)NS(=O)(=O)c1cccc2nsnc12. The molecule has 122 valence electrons. The molecule has 3 aromatic rings. The maximum Gasteiger partial charge on any atom is 0.243 e. The molecule has 23 heavy (non-hydrogen) atoms. The van der Waals surface area contributed by atoms with Gasteiger partial charge in [-0.05, 0) is 18.1 Å². The smallest absolute Gasteiger partial charge is 0.207 e. The molecule has 0 amide bonds. The second-order valence-electron chi connectivity index (χ2n) is 5.44. The molecule has 0 fully saturated rings. The average molecular weight is 352 g/mol. The fraction of sp³-hybridized carbons (Fsp3) is 0.385. The highest BCUT2D eigenvalue weighted by molar-refractivity contribution is 7.89. The van der Waals surface area contributed by atoms with Crippen molar-refractivity contribution in [2.75, 3.05) is 0 Å². The van der Waals surface area contributed by atoms with Crippen molar-refractivity contribution in [2.45, 2.75) is 31.3 Å². The predicted octanol–water partition coefficient (Wildman–Crippen LogP) is 1.29. The number of sulfonamides is 1. The van der Waals surface area contributed by atoms with Crippen LogP contribution in [0.5, 0.6) is 0 Å². The number of fused-ring (bicyclic) bond motifs is 1. The Kier molecular flexibility index (Phi) is 4.37. The molecule has 0 aliphatic rings. The Bertz CT molecular complexity index is 888. The lowest BCUT2D eigenvalue weighted by Crippen LogP contribution is -2.42. The molecule has 3 rings (SSSR count). The van der Waals surface area contributed by atoms with Gasteiger partial charge in [0.2, 0.25) is 10.0 Å². The van der Waals surface area contributed by atoms with E-state index in [4.69, 9.17) is 0 Å². The Morgan fingerprint density at radius 3 is 2.65 bits per heavy atom. The number of nitrogens with one attached hydrogen (secondary N) is 1. The molecule has 0 aliphatic heterocycles.